The summed E-state index contributed by atoms with van der Waals surface area (Å²) in [4.78, 5) is 36.9. The molecule has 0 aliphatic heterocycles. The van der Waals surface area contributed by atoms with Crippen LogP contribution in [-0.4, -0.2) is 30.1 Å². The van der Waals surface area contributed by atoms with Crippen LogP contribution in [-0.2, 0) is 20.7 Å². The van der Waals surface area contributed by atoms with Gasteiger partial charge in [-0.05, 0) is 44.4 Å². The Labute approximate surface area is 168 Å². The Hall–Kier alpha value is -2.87. The van der Waals surface area contributed by atoms with E-state index in [9.17, 15) is 14.4 Å². The van der Waals surface area contributed by atoms with Crippen molar-refractivity contribution < 1.29 is 19.1 Å². The van der Waals surface area contributed by atoms with E-state index in [0.29, 0.717) is 11.4 Å². The van der Waals surface area contributed by atoms with E-state index in [1.165, 1.54) is 11.3 Å². The molecule has 0 atom stereocenters. The Morgan fingerprint density at radius 1 is 0.964 bits per heavy atom. The summed E-state index contributed by atoms with van der Waals surface area (Å²) in [6.07, 6.45) is -0.210. The topological polar surface area (TPSA) is 96.5 Å². The number of benzene rings is 1. The van der Waals surface area contributed by atoms with Crippen molar-refractivity contribution in [1.82, 2.24) is 5.32 Å². The average molecular weight is 404 g/mol. The van der Waals surface area contributed by atoms with Crippen LogP contribution in [0.4, 0.5) is 16.2 Å². The van der Waals surface area contributed by atoms with Crippen molar-refractivity contribution in [3.05, 3.63) is 46.7 Å². The van der Waals surface area contributed by atoms with E-state index in [2.05, 4.69) is 16.0 Å². The summed E-state index contributed by atoms with van der Waals surface area (Å²) in [7, 11) is 0. The summed E-state index contributed by atoms with van der Waals surface area (Å²) in [6.45, 7) is 5.45. The van der Waals surface area contributed by atoms with Crippen LogP contribution < -0.4 is 16.0 Å². The fourth-order valence-electron chi connectivity index (χ4n) is 2.27. The molecule has 1 aromatic heterocycles. The van der Waals surface area contributed by atoms with Crippen LogP contribution in [0.25, 0.3) is 0 Å². The quantitative estimate of drug-likeness (QED) is 0.655. The smallest absolute Gasteiger partial charge is 0.407 e. The molecule has 8 heteroatoms. The minimum atomic E-state index is -0.591. The van der Waals surface area contributed by atoms with Crippen LogP contribution in [0, 0.1) is 0 Å². The molecule has 2 aromatic rings. The third kappa shape index (κ3) is 7.79. The van der Waals surface area contributed by atoms with E-state index in [0.717, 1.165) is 4.88 Å². The first kappa shape index (κ1) is 21.4. The molecule has 28 heavy (non-hydrogen) atoms. The van der Waals surface area contributed by atoms with Crippen molar-refractivity contribution in [2.45, 2.75) is 39.2 Å². The van der Waals surface area contributed by atoms with Crippen LogP contribution in [0.2, 0.25) is 0 Å². The number of alkyl carbamates (subject to hydrolysis) is 1. The lowest BCUT2D eigenvalue weighted by Crippen LogP contribution is -2.34. The molecule has 1 heterocycles. The largest absolute Gasteiger partial charge is 0.444 e. The van der Waals surface area contributed by atoms with Gasteiger partial charge in [0.05, 0.1) is 17.8 Å². The van der Waals surface area contributed by atoms with Gasteiger partial charge in [-0.2, -0.15) is 0 Å². The van der Waals surface area contributed by atoms with Gasteiger partial charge in [0, 0.05) is 17.8 Å². The molecule has 0 unspecified atom stereocenters. The number of rotatable bonds is 7. The van der Waals surface area contributed by atoms with E-state index in [4.69, 9.17) is 4.74 Å². The van der Waals surface area contributed by atoms with Gasteiger partial charge in [-0.25, -0.2) is 4.79 Å². The van der Waals surface area contributed by atoms with Crippen molar-refractivity contribution in [1.29, 1.82) is 0 Å². The lowest BCUT2D eigenvalue weighted by Gasteiger charge is -2.19. The molecule has 0 aliphatic carbocycles. The average Bonchev–Trinajstić information content (AvgIpc) is 3.07. The first-order valence-electron chi connectivity index (χ1n) is 8.91. The van der Waals surface area contributed by atoms with E-state index in [-0.39, 0.29) is 31.2 Å². The van der Waals surface area contributed by atoms with Crippen LogP contribution in [0.3, 0.4) is 0 Å². The molecule has 7 nitrogen and oxygen atoms in total. The lowest BCUT2D eigenvalue weighted by atomic mass is 10.2. The Morgan fingerprint density at radius 3 is 2.18 bits per heavy atom. The standard InChI is InChI=1S/C20H25N3O4S/c1-20(2,3)27-19(26)21-11-10-17(24)22-15-8-4-5-9-16(15)23-18(25)13-14-7-6-12-28-14/h4-9,12H,10-11,13H2,1-3H3,(H,21,26)(H,22,24)(H,23,25). The second-order valence-electron chi connectivity index (χ2n) is 7.08. The van der Waals surface area contributed by atoms with Crippen LogP contribution in [0.15, 0.2) is 41.8 Å². The van der Waals surface area contributed by atoms with E-state index < -0.39 is 11.7 Å². The number of carbonyl (C=O) groups excluding carboxylic acids is 3. The highest BCUT2D eigenvalue weighted by molar-refractivity contribution is 7.10. The molecule has 2 rings (SSSR count). The number of para-hydroxylation sites is 2. The molecule has 3 N–H and O–H groups in total. The minimum absolute atomic E-state index is 0.0801. The maximum atomic E-state index is 12.2. The molecule has 3 amide bonds. The Kier molecular flexibility index (Phi) is 7.57. The molecule has 1 aromatic carbocycles. The summed E-state index contributed by atoms with van der Waals surface area (Å²) in [5.74, 6) is -0.438. The van der Waals surface area contributed by atoms with Gasteiger partial charge in [-0.3, -0.25) is 9.59 Å². The molecule has 0 aliphatic rings. The summed E-state index contributed by atoms with van der Waals surface area (Å²) in [5.41, 5.74) is 0.439. The first-order chi connectivity index (χ1) is 13.2. The Morgan fingerprint density at radius 2 is 1.61 bits per heavy atom. The second-order valence-corrected chi connectivity index (χ2v) is 8.11. The third-order valence-corrected chi connectivity index (χ3v) is 4.29. The second kappa shape index (κ2) is 9.89. The van der Waals surface area contributed by atoms with Gasteiger partial charge in [0.25, 0.3) is 0 Å². The summed E-state index contributed by atoms with van der Waals surface area (Å²) >= 11 is 1.52. The molecule has 0 radical (unpaired) electrons. The summed E-state index contributed by atoms with van der Waals surface area (Å²) < 4.78 is 5.12. The monoisotopic (exact) mass is 403 g/mol. The maximum absolute atomic E-state index is 12.2. The number of amides is 3. The predicted octanol–water partition coefficient (Wildman–Crippen LogP) is 3.78. The minimum Gasteiger partial charge on any atom is -0.444 e. The lowest BCUT2D eigenvalue weighted by molar-refractivity contribution is -0.116. The van der Waals surface area contributed by atoms with Crippen molar-refractivity contribution in [2.24, 2.45) is 0 Å². The SMILES string of the molecule is CC(C)(C)OC(=O)NCCC(=O)Nc1ccccc1NC(=O)Cc1cccs1. The Bertz CT molecular complexity index is 813. The number of anilines is 2. The number of ether oxygens (including phenoxy) is 1. The van der Waals surface area contributed by atoms with Crippen molar-refractivity contribution in [3.8, 4) is 0 Å². The van der Waals surface area contributed by atoms with Gasteiger partial charge in [0.1, 0.15) is 5.60 Å². The first-order valence-corrected chi connectivity index (χ1v) is 9.79. The number of thiophene rings is 1. The van der Waals surface area contributed by atoms with Gasteiger partial charge in [-0.1, -0.05) is 18.2 Å². The predicted molar refractivity (Wildman–Crippen MR) is 111 cm³/mol. The fourth-order valence-corrected chi connectivity index (χ4v) is 2.98. The van der Waals surface area contributed by atoms with Crippen LogP contribution in [0.1, 0.15) is 32.1 Å². The third-order valence-electron chi connectivity index (χ3n) is 3.41. The number of hydrogen-bond acceptors (Lipinski definition) is 5. The Balaban J connectivity index is 1.84. The van der Waals surface area contributed by atoms with Gasteiger partial charge < -0.3 is 20.7 Å². The summed E-state index contributed by atoms with van der Waals surface area (Å²) in [5, 5.41) is 10.0. The summed E-state index contributed by atoms with van der Waals surface area (Å²) in [6, 6.07) is 10.8. The van der Waals surface area contributed by atoms with Crippen LogP contribution >= 0.6 is 11.3 Å². The zero-order valence-electron chi connectivity index (χ0n) is 16.2. The number of carbonyl (C=O) groups is 3. The molecule has 0 saturated heterocycles. The maximum Gasteiger partial charge on any atom is 0.407 e. The van der Waals surface area contributed by atoms with Crippen molar-refractivity contribution in [3.63, 3.8) is 0 Å². The fraction of sp³-hybridized carbons (Fsp3) is 0.350. The van der Waals surface area contributed by atoms with Gasteiger partial charge in [0.2, 0.25) is 11.8 Å². The van der Waals surface area contributed by atoms with Crippen molar-refractivity contribution in [2.75, 3.05) is 17.2 Å². The highest BCUT2D eigenvalue weighted by Gasteiger charge is 2.16. The zero-order valence-corrected chi connectivity index (χ0v) is 17.0. The molecule has 0 spiro atoms. The highest BCUT2D eigenvalue weighted by atomic mass is 32.1. The van der Waals surface area contributed by atoms with Gasteiger partial charge >= 0.3 is 6.09 Å². The van der Waals surface area contributed by atoms with Crippen molar-refractivity contribution >= 4 is 40.6 Å². The zero-order chi connectivity index (χ0) is 20.6. The van der Waals surface area contributed by atoms with E-state index in [1.807, 2.05) is 17.5 Å². The molecule has 0 bridgehead atoms. The molecular formula is C20H25N3O4S. The molecule has 0 saturated carbocycles. The highest BCUT2D eigenvalue weighted by Crippen LogP contribution is 2.22. The van der Waals surface area contributed by atoms with Crippen LogP contribution in [0.5, 0.6) is 0 Å². The number of nitrogens with one attached hydrogen (secondary N) is 3. The molecular weight excluding hydrogens is 378 g/mol. The van der Waals surface area contributed by atoms with Gasteiger partial charge in [-0.15, -0.1) is 11.3 Å². The normalized spacial score (nSPS) is 10.8. The number of hydrogen-bond donors (Lipinski definition) is 3. The van der Waals surface area contributed by atoms with E-state index >= 15 is 0 Å². The molecule has 0 fully saturated rings. The van der Waals surface area contributed by atoms with E-state index in [1.54, 1.807) is 45.0 Å². The van der Waals surface area contributed by atoms with Gasteiger partial charge in [0.15, 0.2) is 0 Å². The molecule has 150 valence electrons.